The highest BCUT2D eigenvalue weighted by molar-refractivity contribution is 14.0. The average Bonchev–Trinajstić information content (AvgIpc) is 3.06. The number of nitrogens with one attached hydrogen (secondary N) is 2. The van der Waals surface area contributed by atoms with E-state index in [1.54, 1.807) is 7.05 Å². The van der Waals surface area contributed by atoms with E-state index in [9.17, 15) is 0 Å². The van der Waals surface area contributed by atoms with E-state index in [1.165, 1.54) is 5.56 Å². The van der Waals surface area contributed by atoms with Gasteiger partial charge >= 0.3 is 0 Å². The molecule has 0 saturated carbocycles. The van der Waals surface area contributed by atoms with Crippen molar-refractivity contribution < 1.29 is 4.74 Å². The summed E-state index contributed by atoms with van der Waals surface area (Å²) in [6, 6.07) is 12.1. The number of hydrogen-bond acceptors (Lipinski definition) is 4. The second kappa shape index (κ2) is 10.3. The van der Waals surface area contributed by atoms with Gasteiger partial charge in [-0.05, 0) is 44.5 Å². The van der Waals surface area contributed by atoms with Crippen LogP contribution in [0.25, 0.3) is 5.65 Å². The zero-order chi connectivity index (χ0) is 19.2. The third-order valence-corrected chi connectivity index (χ3v) is 4.05. The molecule has 0 atom stereocenters. The molecule has 3 rings (SSSR count). The van der Waals surface area contributed by atoms with Crippen molar-refractivity contribution in [3.8, 4) is 5.75 Å². The molecule has 2 N–H and O–H groups in total. The van der Waals surface area contributed by atoms with Crippen LogP contribution in [0.15, 0.2) is 47.6 Å². The maximum atomic E-state index is 5.94. The molecule has 0 aliphatic rings. The van der Waals surface area contributed by atoms with Crippen LogP contribution >= 0.6 is 24.0 Å². The maximum absolute atomic E-state index is 5.94. The van der Waals surface area contributed by atoms with Crippen LogP contribution < -0.4 is 15.4 Å². The molecule has 0 spiro atoms. The Morgan fingerprint density at radius 1 is 1.14 bits per heavy atom. The number of guanidine groups is 1. The van der Waals surface area contributed by atoms with Gasteiger partial charge in [-0.2, -0.15) is 0 Å². The number of benzene rings is 1. The van der Waals surface area contributed by atoms with Gasteiger partial charge in [-0.25, -0.2) is 0 Å². The van der Waals surface area contributed by atoms with Crippen molar-refractivity contribution in [3.05, 3.63) is 59.5 Å². The molecule has 2 heterocycles. The highest BCUT2D eigenvalue weighted by Crippen LogP contribution is 2.21. The molecule has 28 heavy (non-hydrogen) atoms. The largest absolute Gasteiger partial charge is 0.491 e. The molecule has 0 aliphatic carbocycles. The Bertz CT molecular complexity index is 937. The number of nitrogens with zero attached hydrogens (tertiary/aromatic N) is 4. The number of pyridine rings is 1. The lowest BCUT2D eigenvalue weighted by atomic mass is 10.1. The number of rotatable bonds is 6. The van der Waals surface area contributed by atoms with Gasteiger partial charge in [0.05, 0.1) is 12.6 Å². The molecule has 1 aromatic carbocycles. The summed E-state index contributed by atoms with van der Waals surface area (Å²) in [7, 11) is 1.75. The number of halogens is 1. The Kier molecular flexibility index (Phi) is 8.04. The van der Waals surface area contributed by atoms with E-state index in [0.717, 1.165) is 22.8 Å². The van der Waals surface area contributed by atoms with Gasteiger partial charge in [-0.3, -0.25) is 9.39 Å². The molecule has 0 fully saturated rings. The normalized spacial score (nSPS) is 11.4. The Morgan fingerprint density at radius 2 is 1.93 bits per heavy atom. The maximum Gasteiger partial charge on any atom is 0.191 e. The van der Waals surface area contributed by atoms with Gasteiger partial charge in [0.1, 0.15) is 5.75 Å². The van der Waals surface area contributed by atoms with E-state index in [0.29, 0.717) is 19.0 Å². The van der Waals surface area contributed by atoms with Crippen LogP contribution in [0.3, 0.4) is 0 Å². The van der Waals surface area contributed by atoms with Gasteiger partial charge in [0.2, 0.25) is 0 Å². The molecule has 3 aromatic rings. The SMILES string of the molecule is CN=C(NCc1ccc(C)cc1OC(C)C)NCc1nnc2ccccn12.I. The van der Waals surface area contributed by atoms with E-state index in [-0.39, 0.29) is 30.1 Å². The minimum atomic E-state index is 0. The predicted molar refractivity (Wildman–Crippen MR) is 122 cm³/mol. The molecular weight excluding hydrogens is 467 g/mol. The summed E-state index contributed by atoms with van der Waals surface area (Å²) in [5.41, 5.74) is 3.09. The second-order valence-corrected chi connectivity index (χ2v) is 6.60. The van der Waals surface area contributed by atoms with Gasteiger partial charge in [-0.15, -0.1) is 34.2 Å². The lowest BCUT2D eigenvalue weighted by molar-refractivity contribution is 0.239. The summed E-state index contributed by atoms with van der Waals surface area (Å²) >= 11 is 0. The van der Waals surface area contributed by atoms with E-state index in [1.807, 2.05) is 42.6 Å². The van der Waals surface area contributed by atoms with Crippen LogP contribution in [-0.2, 0) is 13.1 Å². The van der Waals surface area contributed by atoms with Crippen molar-refractivity contribution in [2.45, 2.75) is 40.0 Å². The first-order valence-electron chi connectivity index (χ1n) is 9.06. The van der Waals surface area contributed by atoms with Gasteiger partial charge < -0.3 is 15.4 Å². The molecular formula is C20H27IN6O. The van der Waals surface area contributed by atoms with Crippen molar-refractivity contribution in [3.63, 3.8) is 0 Å². The van der Waals surface area contributed by atoms with E-state index in [4.69, 9.17) is 4.74 Å². The van der Waals surface area contributed by atoms with Crippen LogP contribution in [-0.4, -0.2) is 33.7 Å². The van der Waals surface area contributed by atoms with Crippen molar-refractivity contribution in [2.24, 2.45) is 4.99 Å². The summed E-state index contributed by atoms with van der Waals surface area (Å²) in [5, 5.41) is 15.0. The molecule has 0 bridgehead atoms. The zero-order valence-corrected chi connectivity index (χ0v) is 19.0. The standard InChI is InChI=1S/C20H26N6O.HI/c1-14(2)27-17-11-15(3)8-9-16(17)12-22-20(21-4)23-13-19-25-24-18-7-5-6-10-26(18)19;/h5-11,14H,12-13H2,1-4H3,(H2,21,22,23);1H. The predicted octanol–water partition coefficient (Wildman–Crippen LogP) is 3.31. The Labute approximate surface area is 182 Å². The monoisotopic (exact) mass is 494 g/mol. The lowest BCUT2D eigenvalue weighted by Gasteiger charge is -2.17. The number of aromatic nitrogens is 3. The summed E-state index contributed by atoms with van der Waals surface area (Å²) in [4.78, 5) is 4.29. The fourth-order valence-corrected chi connectivity index (χ4v) is 2.75. The number of ether oxygens (including phenoxy) is 1. The average molecular weight is 494 g/mol. The smallest absolute Gasteiger partial charge is 0.191 e. The zero-order valence-electron chi connectivity index (χ0n) is 16.6. The highest BCUT2D eigenvalue weighted by Gasteiger charge is 2.09. The third-order valence-electron chi connectivity index (χ3n) is 4.05. The van der Waals surface area contributed by atoms with Gasteiger partial charge in [0, 0.05) is 25.4 Å². The molecule has 0 unspecified atom stereocenters. The lowest BCUT2D eigenvalue weighted by Crippen LogP contribution is -2.36. The van der Waals surface area contributed by atoms with Crippen molar-refractivity contribution in [1.29, 1.82) is 0 Å². The Balaban J connectivity index is 0.00000280. The van der Waals surface area contributed by atoms with Crippen molar-refractivity contribution in [1.82, 2.24) is 25.2 Å². The minimum absolute atomic E-state index is 0. The van der Waals surface area contributed by atoms with Crippen molar-refractivity contribution in [2.75, 3.05) is 7.05 Å². The molecule has 0 amide bonds. The van der Waals surface area contributed by atoms with Crippen LogP contribution in [0.2, 0.25) is 0 Å². The summed E-state index contributed by atoms with van der Waals surface area (Å²) in [6.45, 7) is 7.26. The third kappa shape index (κ3) is 5.57. The Morgan fingerprint density at radius 3 is 2.68 bits per heavy atom. The highest BCUT2D eigenvalue weighted by atomic mass is 127. The van der Waals surface area contributed by atoms with Gasteiger partial charge in [0.25, 0.3) is 0 Å². The first kappa shape index (κ1) is 21.9. The van der Waals surface area contributed by atoms with Crippen molar-refractivity contribution >= 4 is 35.6 Å². The topological polar surface area (TPSA) is 75.8 Å². The minimum Gasteiger partial charge on any atom is -0.491 e. The van der Waals surface area contributed by atoms with Gasteiger partial charge in [0.15, 0.2) is 17.4 Å². The number of aliphatic imine (C=N–C) groups is 1. The number of fused-ring (bicyclic) bond motifs is 1. The summed E-state index contributed by atoms with van der Waals surface area (Å²) in [5.74, 6) is 2.42. The molecule has 0 aliphatic heterocycles. The number of hydrogen-bond donors (Lipinski definition) is 2. The summed E-state index contributed by atoms with van der Waals surface area (Å²) < 4.78 is 7.89. The molecule has 0 saturated heterocycles. The molecule has 7 nitrogen and oxygen atoms in total. The first-order valence-corrected chi connectivity index (χ1v) is 9.06. The number of aryl methyl sites for hydroxylation is 1. The molecule has 8 heteroatoms. The fraction of sp³-hybridized carbons (Fsp3) is 0.350. The van der Waals surface area contributed by atoms with E-state index < -0.39 is 0 Å². The summed E-state index contributed by atoms with van der Waals surface area (Å²) in [6.07, 6.45) is 2.08. The van der Waals surface area contributed by atoms with Crippen LogP contribution in [0.1, 0.15) is 30.8 Å². The Hall–Kier alpha value is -2.36. The first-order chi connectivity index (χ1) is 13.1. The molecule has 150 valence electrons. The van der Waals surface area contributed by atoms with E-state index >= 15 is 0 Å². The van der Waals surface area contributed by atoms with Crippen LogP contribution in [0, 0.1) is 6.92 Å². The van der Waals surface area contributed by atoms with E-state index in [2.05, 4.69) is 50.9 Å². The second-order valence-electron chi connectivity index (χ2n) is 6.60. The fourth-order valence-electron chi connectivity index (χ4n) is 2.75. The van der Waals surface area contributed by atoms with Crippen LogP contribution in [0.4, 0.5) is 0 Å². The molecule has 2 aromatic heterocycles. The van der Waals surface area contributed by atoms with Crippen LogP contribution in [0.5, 0.6) is 5.75 Å². The quantitative estimate of drug-likeness (QED) is 0.313. The molecule has 0 radical (unpaired) electrons. The van der Waals surface area contributed by atoms with Gasteiger partial charge in [-0.1, -0.05) is 18.2 Å².